The maximum atomic E-state index is 12.5. The third-order valence-corrected chi connectivity index (χ3v) is 3.73. The number of methoxy groups -OCH3 is 1. The van der Waals surface area contributed by atoms with E-state index in [1.807, 2.05) is 19.1 Å². The SMILES string of the molecule is C/C=C(\C)C(=O)c1cn(CC(=O)OCC)c2cc(OC)ccc12. The average Bonchev–Trinajstić information content (AvgIpc) is 2.91. The second-order valence-electron chi connectivity index (χ2n) is 5.16. The Morgan fingerprint density at radius 3 is 2.65 bits per heavy atom. The van der Waals surface area contributed by atoms with Gasteiger partial charge in [-0.1, -0.05) is 6.08 Å². The minimum atomic E-state index is -0.339. The molecule has 0 aliphatic rings. The zero-order chi connectivity index (χ0) is 17.0. The number of fused-ring (bicyclic) bond motifs is 1. The number of rotatable bonds is 6. The highest BCUT2D eigenvalue weighted by Crippen LogP contribution is 2.27. The second kappa shape index (κ2) is 7.13. The molecule has 2 rings (SSSR count). The molecule has 0 fully saturated rings. The smallest absolute Gasteiger partial charge is 0.325 e. The first-order valence-electron chi connectivity index (χ1n) is 7.51. The molecular weight excluding hydrogens is 294 g/mol. The second-order valence-corrected chi connectivity index (χ2v) is 5.16. The van der Waals surface area contributed by atoms with E-state index in [-0.39, 0.29) is 18.3 Å². The van der Waals surface area contributed by atoms with Crippen molar-refractivity contribution in [2.75, 3.05) is 13.7 Å². The van der Waals surface area contributed by atoms with Gasteiger partial charge in [0.2, 0.25) is 0 Å². The summed E-state index contributed by atoms with van der Waals surface area (Å²) in [5.74, 6) is 0.279. The van der Waals surface area contributed by atoms with Gasteiger partial charge < -0.3 is 14.0 Å². The molecule has 0 spiro atoms. The van der Waals surface area contributed by atoms with Crippen LogP contribution in [0.15, 0.2) is 36.0 Å². The van der Waals surface area contributed by atoms with Crippen molar-refractivity contribution in [3.63, 3.8) is 0 Å². The third-order valence-electron chi connectivity index (χ3n) is 3.73. The van der Waals surface area contributed by atoms with Crippen LogP contribution in [0.3, 0.4) is 0 Å². The van der Waals surface area contributed by atoms with Gasteiger partial charge in [-0.3, -0.25) is 9.59 Å². The van der Waals surface area contributed by atoms with Crippen LogP contribution in [0.25, 0.3) is 10.9 Å². The van der Waals surface area contributed by atoms with Gasteiger partial charge in [0.05, 0.1) is 19.2 Å². The zero-order valence-corrected chi connectivity index (χ0v) is 13.9. The van der Waals surface area contributed by atoms with Crippen LogP contribution in [0, 0.1) is 0 Å². The van der Waals surface area contributed by atoms with Crippen molar-refractivity contribution in [3.05, 3.63) is 41.6 Å². The van der Waals surface area contributed by atoms with Crippen LogP contribution in [0.5, 0.6) is 5.75 Å². The van der Waals surface area contributed by atoms with Crippen LogP contribution in [0.1, 0.15) is 31.1 Å². The number of hydrogen-bond donors (Lipinski definition) is 0. The van der Waals surface area contributed by atoms with E-state index in [2.05, 4.69) is 0 Å². The van der Waals surface area contributed by atoms with E-state index in [4.69, 9.17) is 9.47 Å². The molecule has 23 heavy (non-hydrogen) atoms. The number of nitrogens with zero attached hydrogens (tertiary/aromatic N) is 1. The van der Waals surface area contributed by atoms with Crippen LogP contribution in [0.2, 0.25) is 0 Å². The van der Waals surface area contributed by atoms with Gasteiger partial charge >= 0.3 is 5.97 Å². The fraction of sp³-hybridized carbons (Fsp3) is 0.333. The lowest BCUT2D eigenvalue weighted by Crippen LogP contribution is -2.12. The summed E-state index contributed by atoms with van der Waals surface area (Å²) in [6.07, 6.45) is 3.48. The number of hydrogen-bond acceptors (Lipinski definition) is 4. The van der Waals surface area contributed by atoms with Gasteiger partial charge in [-0.25, -0.2) is 0 Å². The monoisotopic (exact) mass is 315 g/mol. The van der Waals surface area contributed by atoms with Crippen molar-refractivity contribution in [2.45, 2.75) is 27.3 Å². The molecule has 5 nitrogen and oxygen atoms in total. The molecule has 0 aliphatic heterocycles. The first-order chi connectivity index (χ1) is 11.0. The van der Waals surface area contributed by atoms with Crippen LogP contribution in [0.4, 0.5) is 0 Å². The molecule has 122 valence electrons. The van der Waals surface area contributed by atoms with Crippen LogP contribution in [-0.2, 0) is 16.1 Å². The minimum absolute atomic E-state index is 0.0507. The lowest BCUT2D eigenvalue weighted by atomic mass is 10.0. The van der Waals surface area contributed by atoms with Gasteiger partial charge in [0.15, 0.2) is 5.78 Å². The van der Waals surface area contributed by atoms with Crippen molar-refractivity contribution >= 4 is 22.7 Å². The van der Waals surface area contributed by atoms with Crippen molar-refractivity contribution in [2.24, 2.45) is 0 Å². The molecule has 0 saturated carbocycles. The van der Waals surface area contributed by atoms with Crippen LogP contribution in [-0.4, -0.2) is 30.0 Å². The van der Waals surface area contributed by atoms with Crippen molar-refractivity contribution < 1.29 is 19.1 Å². The molecule has 0 N–H and O–H groups in total. The molecule has 0 amide bonds. The number of carbonyl (C=O) groups is 2. The molecule has 0 bridgehead atoms. The first kappa shape index (κ1) is 16.8. The Labute approximate surface area is 135 Å². The number of benzene rings is 1. The Balaban J connectivity index is 2.56. The molecule has 0 saturated heterocycles. The Bertz CT molecular complexity index is 771. The quantitative estimate of drug-likeness (QED) is 0.466. The van der Waals surface area contributed by atoms with Gasteiger partial charge in [-0.05, 0) is 38.5 Å². The van der Waals surface area contributed by atoms with E-state index in [1.165, 1.54) is 0 Å². The van der Waals surface area contributed by atoms with E-state index in [0.29, 0.717) is 23.5 Å². The molecule has 1 aromatic heterocycles. The van der Waals surface area contributed by atoms with E-state index < -0.39 is 0 Å². The highest BCUT2D eigenvalue weighted by molar-refractivity contribution is 6.16. The summed E-state index contributed by atoms with van der Waals surface area (Å²) in [6, 6.07) is 5.46. The van der Waals surface area contributed by atoms with E-state index in [1.54, 1.807) is 43.9 Å². The maximum absolute atomic E-state index is 12.5. The number of allylic oxidation sites excluding steroid dienone is 2. The first-order valence-corrected chi connectivity index (χ1v) is 7.51. The summed E-state index contributed by atoms with van der Waals surface area (Å²) in [7, 11) is 1.58. The van der Waals surface area contributed by atoms with Gasteiger partial charge in [0.1, 0.15) is 12.3 Å². The van der Waals surface area contributed by atoms with Gasteiger partial charge in [-0.2, -0.15) is 0 Å². The molecule has 0 aliphatic carbocycles. The predicted octanol–water partition coefficient (Wildman–Crippen LogP) is 3.36. The summed E-state index contributed by atoms with van der Waals surface area (Å²) in [5, 5.41) is 0.793. The summed E-state index contributed by atoms with van der Waals surface area (Å²) < 4.78 is 12.0. The van der Waals surface area contributed by atoms with Crippen LogP contribution >= 0.6 is 0 Å². The zero-order valence-electron chi connectivity index (χ0n) is 13.9. The fourth-order valence-electron chi connectivity index (χ4n) is 2.40. The van der Waals surface area contributed by atoms with E-state index in [0.717, 1.165) is 10.9 Å². The maximum Gasteiger partial charge on any atom is 0.325 e. The molecule has 0 radical (unpaired) electrons. The number of aromatic nitrogens is 1. The molecule has 5 heteroatoms. The summed E-state index contributed by atoms with van der Waals surface area (Å²) in [6.45, 7) is 5.75. The third kappa shape index (κ3) is 3.44. The van der Waals surface area contributed by atoms with Crippen molar-refractivity contribution in [1.29, 1.82) is 0 Å². The van der Waals surface area contributed by atoms with E-state index in [9.17, 15) is 9.59 Å². The molecule has 2 aromatic rings. The summed E-state index contributed by atoms with van der Waals surface area (Å²) in [4.78, 5) is 24.3. The van der Waals surface area contributed by atoms with Gasteiger partial charge in [-0.15, -0.1) is 0 Å². The number of carbonyl (C=O) groups excluding carboxylic acids is 2. The highest BCUT2D eigenvalue weighted by Gasteiger charge is 2.18. The lowest BCUT2D eigenvalue weighted by Gasteiger charge is -2.06. The molecule has 1 aromatic carbocycles. The Kier molecular flexibility index (Phi) is 5.21. The Morgan fingerprint density at radius 2 is 2.04 bits per heavy atom. The Morgan fingerprint density at radius 1 is 1.30 bits per heavy atom. The van der Waals surface area contributed by atoms with Crippen LogP contribution < -0.4 is 4.74 Å². The van der Waals surface area contributed by atoms with Gasteiger partial charge in [0, 0.05) is 23.2 Å². The molecule has 0 atom stereocenters. The fourth-order valence-corrected chi connectivity index (χ4v) is 2.40. The van der Waals surface area contributed by atoms with Crippen molar-refractivity contribution in [3.8, 4) is 5.75 Å². The number of Topliss-reactive ketones (excluding diaryl/α,β-unsaturated/α-hetero) is 1. The molecule has 0 unspecified atom stereocenters. The lowest BCUT2D eigenvalue weighted by molar-refractivity contribution is -0.143. The van der Waals surface area contributed by atoms with E-state index >= 15 is 0 Å². The largest absolute Gasteiger partial charge is 0.497 e. The minimum Gasteiger partial charge on any atom is -0.497 e. The van der Waals surface area contributed by atoms with Crippen molar-refractivity contribution in [1.82, 2.24) is 4.57 Å². The average molecular weight is 315 g/mol. The normalized spacial score (nSPS) is 11.6. The summed E-state index contributed by atoms with van der Waals surface area (Å²) >= 11 is 0. The summed E-state index contributed by atoms with van der Waals surface area (Å²) in [5.41, 5.74) is 2.00. The standard InChI is InChI=1S/C18H21NO4/c1-5-12(3)18(21)15-10-19(11-17(20)23-6-2)16-9-13(22-4)7-8-14(15)16/h5,7-10H,6,11H2,1-4H3/b12-5+. The molecular formula is C18H21NO4. The predicted molar refractivity (Wildman–Crippen MR) is 88.9 cm³/mol. The topological polar surface area (TPSA) is 57.5 Å². The number of ketones is 1. The highest BCUT2D eigenvalue weighted by atomic mass is 16.5. The number of ether oxygens (including phenoxy) is 2. The molecule has 1 heterocycles. The number of esters is 1. The van der Waals surface area contributed by atoms with Gasteiger partial charge in [0.25, 0.3) is 0 Å². The Hall–Kier alpha value is -2.56.